The third-order valence-electron chi connectivity index (χ3n) is 8.61. The number of carbonyl (C=O) groups is 1. The van der Waals surface area contributed by atoms with E-state index in [0.717, 1.165) is 44.2 Å². The lowest BCUT2D eigenvalue weighted by molar-refractivity contribution is 0.0606. The summed E-state index contributed by atoms with van der Waals surface area (Å²) in [6, 6.07) is 12.8. The predicted molar refractivity (Wildman–Crippen MR) is 155 cm³/mol. The van der Waals surface area contributed by atoms with E-state index in [2.05, 4.69) is 41.1 Å². The minimum atomic E-state index is -0.464. The quantitative estimate of drug-likeness (QED) is 0.355. The summed E-state index contributed by atoms with van der Waals surface area (Å²) in [5.74, 6) is -0.528. The van der Waals surface area contributed by atoms with Crippen LogP contribution in [0.4, 0.5) is 20.3 Å². The molecule has 0 spiro atoms. The molecule has 214 valence electrons. The molecular weight excluding hydrogens is 524 g/mol. The van der Waals surface area contributed by atoms with E-state index in [4.69, 9.17) is 4.98 Å². The molecule has 10 heteroatoms. The Bertz CT molecular complexity index is 1560. The molecule has 0 saturated carbocycles. The fourth-order valence-corrected chi connectivity index (χ4v) is 6.01. The molecule has 0 aliphatic carbocycles. The predicted octanol–water partition coefficient (Wildman–Crippen LogP) is 5.08. The van der Waals surface area contributed by atoms with E-state index in [1.165, 1.54) is 12.1 Å². The number of benzene rings is 2. The van der Waals surface area contributed by atoms with Crippen molar-refractivity contribution in [2.75, 3.05) is 50.0 Å². The lowest BCUT2D eigenvalue weighted by Gasteiger charge is -2.43. The molecule has 2 fully saturated rings. The van der Waals surface area contributed by atoms with Crippen LogP contribution in [0, 0.1) is 11.6 Å². The first kappa shape index (κ1) is 27.3. The molecule has 1 atom stereocenters. The van der Waals surface area contributed by atoms with Crippen molar-refractivity contribution < 1.29 is 13.6 Å². The van der Waals surface area contributed by atoms with Gasteiger partial charge in [0.1, 0.15) is 23.1 Å². The number of carbonyl (C=O) groups excluding carboxylic acids is 1. The summed E-state index contributed by atoms with van der Waals surface area (Å²) in [5.41, 5.74) is 2.85. The van der Waals surface area contributed by atoms with E-state index in [1.807, 2.05) is 35.2 Å². The van der Waals surface area contributed by atoms with Gasteiger partial charge in [-0.2, -0.15) is 5.10 Å². The molecule has 2 saturated heterocycles. The number of piperazine rings is 1. The Kier molecular flexibility index (Phi) is 7.21. The third-order valence-corrected chi connectivity index (χ3v) is 8.61. The van der Waals surface area contributed by atoms with Crippen LogP contribution in [0.5, 0.6) is 0 Å². The van der Waals surface area contributed by atoms with Crippen LogP contribution in [0.25, 0.3) is 5.65 Å². The second-order valence-electron chi connectivity index (χ2n) is 11.5. The van der Waals surface area contributed by atoms with Crippen molar-refractivity contribution in [3.8, 4) is 0 Å². The van der Waals surface area contributed by atoms with Gasteiger partial charge in [-0.15, -0.1) is 0 Å². The monoisotopic (exact) mass is 559 g/mol. The summed E-state index contributed by atoms with van der Waals surface area (Å²) in [4.78, 5) is 24.8. The van der Waals surface area contributed by atoms with Gasteiger partial charge in [0.25, 0.3) is 5.91 Å². The zero-order valence-corrected chi connectivity index (χ0v) is 23.6. The molecule has 8 nitrogen and oxygen atoms in total. The number of fused-ring (bicyclic) bond motifs is 1. The van der Waals surface area contributed by atoms with E-state index >= 15 is 0 Å². The number of nitrogens with one attached hydrogen (secondary N) is 1. The summed E-state index contributed by atoms with van der Waals surface area (Å²) < 4.78 is 30.1. The molecule has 41 heavy (non-hydrogen) atoms. The number of hydrogen-bond donors (Lipinski definition) is 1. The Balaban J connectivity index is 1.20. The average Bonchev–Trinajstić information content (AvgIpc) is 3.62. The fraction of sp³-hybridized carbons (Fsp3) is 0.387. The van der Waals surface area contributed by atoms with Crippen LogP contribution < -0.4 is 10.2 Å². The standard InChI is InChI=1S/C31H35F2N7O/c1-31(2,38-17-15-37(3)16-18-38)22-8-6-21(7-9-22)30(41)35-26-20-34-40-14-12-28(36-29(26)40)39-13-4-5-27(39)24-19-23(32)10-11-25(24)33/h6-12,14,19-20,27H,4-5,13,15-18H2,1-3H3,(H,35,41)/t27-/m1/s1. The van der Waals surface area contributed by atoms with Crippen LogP contribution >= 0.6 is 0 Å². The topological polar surface area (TPSA) is 69.0 Å². The highest BCUT2D eigenvalue weighted by atomic mass is 19.1. The second-order valence-corrected chi connectivity index (χ2v) is 11.5. The minimum absolute atomic E-state index is 0.138. The van der Waals surface area contributed by atoms with Crippen LogP contribution in [0.2, 0.25) is 0 Å². The van der Waals surface area contributed by atoms with Crippen LogP contribution in [0.3, 0.4) is 0 Å². The first-order valence-corrected chi connectivity index (χ1v) is 14.1. The van der Waals surface area contributed by atoms with Gasteiger partial charge in [0.2, 0.25) is 0 Å². The zero-order valence-electron chi connectivity index (χ0n) is 23.6. The van der Waals surface area contributed by atoms with Crippen LogP contribution in [-0.2, 0) is 5.54 Å². The summed E-state index contributed by atoms with van der Waals surface area (Å²) in [6.45, 7) is 9.21. The van der Waals surface area contributed by atoms with Crippen molar-refractivity contribution in [2.45, 2.75) is 38.3 Å². The summed E-state index contributed by atoms with van der Waals surface area (Å²) >= 11 is 0. The van der Waals surface area contributed by atoms with E-state index in [9.17, 15) is 13.6 Å². The molecule has 0 unspecified atom stereocenters. The van der Waals surface area contributed by atoms with Crippen LogP contribution in [0.1, 0.15) is 54.2 Å². The van der Waals surface area contributed by atoms with Crippen molar-refractivity contribution in [1.82, 2.24) is 24.4 Å². The fourth-order valence-electron chi connectivity index (χ4n) is 6.01. The lowest BCUT2D eigenvalue weighted by Crippen LogP contribution is -2.52. The molecule has 2 aromatic carbocycles. The normalized spacial score (nSPS) is 18.8. The van der Waals surface area contributed by atoms with Gasteiger partial charge in [-0.25, -0.2) is 18.3 Å². The Hall–Kier alpha value is -3.89. The number of hydrogen-bond acceptors (Lipinski definition) is 6. The van der Waals surface area contributed by atoms with Crippen molar-refractivity contribution in [3.05, 3.63) is 89.2 Å². The van der Waals surface area contributed by atoms with Crippen LogP contribution in [0.15, 0.2) is 60.9 Å². The highest BCUT2D eigenvalue weighted by Crippen LogP contribution is 2.37. The summed E-state index contributed by atoms with van der Waals surface area (Å²) in [5, 5.41) is 7.30. The Morgan fingerprint density at radius 2 is 1.76 bits per heavy atom. The molecule has 4 heterocycles. The molecule has 0 bridgehead atoms. The number of likely N-dealkylation sites (N-methyl/N-ethyl adjacent to an activating group) is 1. The second kappa shape index (κ2) is 10.8. The van der Waals surface area contributed by atoms with Gasteiger partial charge in [0.05, 0.1) is 12.2 Å². The first-order valence-electron chi connectivity index (χ1n) is 14.1. The Morgan fingerprint density at radius 1 is 1.00 bits per heavy atom. The van der Waals surface area contributed by atoms with E-state index in [0.29, 0.717) is 41.2 Å². The third kappa shape index (κ3) is 5.29. The highest BCUT2D eigenvalue weighted by Gasteiger charge is 2.32. The zero-order chi connectivity index (χ0) is 28.7. The number of halogens is 2. The number of amides is 1. The molecule has 1 N–H and O–H groups in total. The van der Waals surface area contributed by atoms with Gasteiger partial charge in [-0.3, -0.25) is 9.69 Å². The number of rotatable bonds is 6. The lowest BCUT2D eigenvalue weighted by atomic mass is 9.90. The molecule has 1 amide bonds. The van der Waals surface area contributed by atoms with Crippen molar-refractivity contribution >= 4 is 23.1 Å². The van der Waals surface area contributed by atoms with E-state index < -0.39 is 11.6 Å². The van der Waals surface area contributed by atoms with Crippen molar-refractivity contribution in [3.63, 3.8) is 0 Å². The van der Waals surface area contributed by atoms with E-state index in [-0.39, 0.29) is 17.5 Å². The van der Waals surface area contributed by atoms with Crippen molar-refractivity contribution in [2.24, 2.45) is 0 Å². The average molecular weight is 560 g/mol. The molecule has 0 radical (unpaired) electrons. The van der Waals surface area contributed by atoms with Crippen LogP contribution in [-0.4, -0.2) is 70.1 Å². The molecule has 4 aromatic rings. The van der Waals surface area contributed by atoms with Gasteiger partial charge in [-0.05, 0) is 75.7 Å². The summed E-state index contributed by atoms with van der Waals surface area (Å²) in [7, 11) is 2.15. The first-order chi connectivity index (χ1) is 19.7. The molecule has 2 aliphatic heterocycles. The Labute approximate surface area is 238 Å². The number of nitrogens with zero attached hydrogens (tertiary/aromatic N) is 6. The maximum absolute atomic E-state index is 14.6. The maximum atomic E-state index is 14.6. The van der Waals surface area contributed by atoms with E-state index in [1.54, 1.807) is 16.9 Å². The van der Waals surface area contributed by atoms with Gasteiger partial charge < -0.3 is 15.1 Å². The van der Waals surface area contributed by atoms with Gasteiger partial charge in [0, 0.05) is 55.6 Å². The van der Waals surface area contributed by atoms with Gasteiger partial charge in [0.15, 0.2) is 5.65 Å². The largest absolute Gasteiger partial charge is 0.349 e. The molecular formula is C31H35F2N7O. The molecule has 2 aliphatic rings. The number of anilines is 2. The summed E-state index contributed by atoms with van der Waals surface area (Å²) in [6.07, 6.45) is 4.86. The van der Waals surface area contributed by atoms with Crippen molar-refractivity contribution in [1.29, 1.82) is 0 Å². The minimum Gasteiger partial charge on any atom is -0.349 e. The smallest absolute Gasteiger partial charge is 0.255 e. The highest BCUT2D eigenvalue weighted by molar-refractivity contribution is 6.06. The van der Waals surface area contributed by atoms with Gasteiger partial charge in [-0.1, -0.05) is 12.1 Å². The van der Waals surface area contributed by atoms with Gasteiger partial charge >= 0.3 is 0 Å². The Morgan fingerprint density at radius 3 is 2.51 bits per heavy atom. The molecule has 2 aromatic heterocycles. The molecule has 6 rings (SSSR count). The number of aromatic nitrogens is 3. The maximum Gasteiger partial charge on any atom is 0.255 e. The SMILES string of the molecule is CN1CCN(C(C)(C)c2ccc(C(=O)Nc3cnn4ccc(N5CCC[C@@H]5c5cc(F)ccc5F)nc34)cc2)CC1.